The first-order valence-corrected chi connectivity index (χ1v) is 10.8. The van der Waals surface area contributed by atoms with Gasteiger partial charge < -0.3 is 0 Å². The van der Waals surface area contributed by atoms with Gasteiger partial charge >= 0.3 is 0 Å². The molecule has 1 aromatic carbocycles. The van der Waals surface area contributed by atoms with Crippen LogP contribution in [-0.2, 0) is 26.4 Å². The smallest absolute Gasteiger partial charge is 0.242 e. The molecule has 1 heterocycles. The first-order valence-electron chi connectivity index (χ1n) is 7.58. The van der Waals surface area contributed by atoms with Crippen molar-refractivity contribution in [1.82, 2.24) is 9.21 Å². The number of benzene rings is 1. The number of sulfone groups is 1. The van der Waals surface area contributed by atoms with Crippen LogP contribution in [0.3, 0.4) is 0 Å². The maximum Gasteiger partial charge on any atom is 0.242 e. The molecule has 1 aromatic rings. The summed E-state index contributed by atoms with van der Waals surface area (Å²) in [5.74, 6) is 0.382. The molecule has 8 heteroatoms. The van der Waals surface area contributed by atoms with Gasteiger partial charge in [-0.1, -0.05) is 12.1 Å². The van der Waals surface area contributed by atoms with Gasteiger partial charge in [0.2, 0.25) is 10.0 Å². The second kappa shape index (κ2) is 6.88. The van der Waals surface area contributed by atoms with Crippen LogP contribution in [0.15, 0.2) is 29.2 Å². The van der Waals surface area contributed by atoms with Crippen molar-refractivity contribution in [2.45, 2.75) is 30.8 Å². The minimum atomic E-state index is -3.46. The molecule has 1 saturated heterocycles. The number of nitrogens with zero attached hydrogens (tertiary/aromatic N) is 2. The lowest BCUT2D eigenvalue weighted by atomic mass is 10.1. The van der Waals surface area contributed by atoms with E-state index in [9.17, 15) is 16.8 Å². The predicted molar refractivity (Wildman–Crippen MR) is 90.5 cm³/mol. The predicted octanol–water partition coefficient (Wildman–Crippen LogP) is 0.946. The normalized spacial score (nSPS) is 22.9. The highest BCUT2D eigenvalue weighted by Gasteiger charge is 2.25. The molecule has 0 saturated carbocycles. The van der Waals surface area contributed by atoms with E-state index in [2.05, 4.69) is 4.90 Å². The number of sulfonamides is 1. The van der Waals surface area contributed by atoms with Crippen LogP contribution in [-0.4, -0.2) is 64.2 Å². The van der Waals surface area contributed by atoms with E-state index >= 15 is 0 Å². The Hall–Kier alpha value is -0.960. The van der Waals surface area contributed by atoms with Gasteiger partial charge in [-0.05, 0) is 31.0 Å². The van der Waals surface area contributed by atoms with E-state index in [0.29, 0.717) is 19.5 Å². The maximum absolute atomic E-state index is 12.2. The number of hydrogen-bond donors (Lipinski definition) is 0. The monoisotopic (exact) mass is 360 g/mol. The molecule has 0 radical (unpaired) electrons. The van der Waals surface area contributed by atoms with E-state index in [0.717, 1.165) is 5.56 Å². The Bertz CT molecular complexity index is 757. The molecular weight excluding hydrogens is 336 g/mol. The van der Waals surface area contributed by atoms with Crippen LogP contribution in [0.2, 0.25) is 0 Å². The Labute approximate surface area is 139 Å². The molecular formula is C15H24N2O4S2. The van der Waals surface area contributed by atoms with Gasteiger partial charge in [0.1, 0.15) is 0 Å². The molecule has 0 bridgehead atoms. The molecule has 6 nitrogen and oxygen atoms in total. The van der Waals surface area contributed by atoms with Crippen LogP contribution in [0.4, 0.5) is 0 Å². The molecule has 1 fully saturated rings. The lowest BCUT2D eigenvalue weighted by molar-refractivity contribution is 0.212. The Morgan fingerprint density at radius 3 is 2.61 bits per heavy atom. The van der Waals surface area contributed by atoms with Crippen molar-refractivity contribution in [2.75, 3.05) is 32.1 Å². The Kier molecular flexibility index (Phi) is 5.50. The minimum absolute atomic E-state index is 0.154. The molecule has 1 atom stereocenters. The van der Waals surface area contributed by atoms with Crippen molar-refractivity contribution < 1.29 is 16.8 Å². The molecule has 0 amide bonds. The maximum atomic E-state index is 12.2. The van der Waals surface area contributed by atoms with Crippen LogP contribution in [0.1, 0.15) is 18.9 Å². The Morgan fingerprint density at radius 1 is 1.26 bits per heavy atom. The summed E-state index contributed by atoms with van der Waals surface area (Å²) in [7, 11) is -3.42. The SMILES string of the molecule is CC1CCS(=O)(=O)CCN1Cc1cccc(S(=O)(=O)N(C)C)c1. The first-order chi connectivity index (χ1) is 10.6. The minimum Gasteiger partial charge on any atom is -0.295 e. The van der Waals surface area contributed by atoms with Crippen LogP contribution < -0.4 is 0 Å². The molecule has 2 rings (SSSR count). The zero-order valence-electron chi connectivity index (χ0n) is 13.8. The van der Waals surface area contributed by atoms with Crippen LogP contribution in [0.5, 0.6) is 0 Å². The largest absolute Gasteiger partial charge is 0.295 e. The van der Waals surface area contributed by atoms with Crippen molar-refractivity contribution in [3.63, 3.8) is 0 Å². The fourth-order valence-corrected chi connectivity index (χ4v) is 4.99. The van der Waals surface area contributed by atoms with E-state index in [-0.39, 0.29) is 22.4 Å². The first kappa shape index (κ1) is 18.4. The van der Waals surface area contributed by atoms with E-state index in [1.54, 1.807) is 18.2 Å². The molecule has 130 valence electrons. The van der Waals surface area contributed by atoms with E-state index in [1.807, 2.05) is 13.0 Å². The second-order valence-corrected chi connectivity index (χ2v) is 10.7. The van der Waals surface area contributed by atoms with E-state index in [1.165, 1.54) is 18.4 Å². The van der Waals surface area contributed by atoms with Crippen molar-refractivity contribution in [3.8, 4) is 0 Å². The fourth-order valence-electron chi connectivity index (χ4n) is 2.60. The Morgan fingerprint density at radius 2 is 1.96 bits per heavy atom. The molecule has 1 aliphatic rings. The van der Waals surface area contributed by atoms with Gasteiger partial charge in [0, 0.05) is 33.2 Å². The lowest BCUT2D eigenvalue weighted by Gasteiger charge is -2.26. The summed E-state index contributed by atoms with van der Waals surface area (Å²) in [5, 5.41) is 0. The third-order valence-corrected chi connectivity index (χ3v) is 7.70. The van der Waals surface area contributed by atoms with Gasteiger partial charge in [-0.3, -0.25) is 4.90 Å². The van der Waals surface area contributed by atoms with Gasteiger partial charge in [0.05, 0.1) is 16.4 Å². The molecule has 0 aromatic heterocycles. The van der Waals surface area contributed by atoms with Crippen LogP contribution >= 0.6 is 0 Å². The summed E-state index contributed by atoms with van der Waals surface area (Å²) in [6.07, 6.45) is 0.609. The van der Waals surface area contributed by atoms with Crippen LogP contribution in [0, 0.1) is 0 Å². The van der Waals surface area contributed by atoms with Gasteiger partial charge in [-0.15, -0.1) is 0 Å². The zero-order chi connectivity index (χ0) is 17.3. The molecule has 1 unspecified atom stereocenters. The summed E-state index contributed by atoms with van der Waals surface area (Å²) in [6.45, 7) is 3.04. The van der Waals surface area contributed by atoms with E-state index in [4.69, 9.17) is 0 Å². The highest BCUT2D eigenvalue weighted by atomic mass is 32.2. The number of hydrogen-bond acceptors (Lipinski definition) is 5. The van der Waals surface area contributed by atoms with Crippen molar-refractivity contribution in [2.24, 2.45) is 0 Å². The molecule has 1 aliphatic heterocycles. The summed E-state index contributed by atoms with van der Waals surface area (Å²) < 4.78 is 49.1. The van der Waals surface area contributed by atoms with Gasteiger partial charge in [0.25, 0.3) is 0 Å². The highest BCUT2D eigenvalue weighted by molar-refractivity contribution is 7.91. The van der Waals surface area contributed by atoms with Crippen molar-refractivity contribution in [1.29, 1.82) is 0 Å². The summed E-state index contributed by atoms with van der Waals surface area (Å²) in [6, 6.07) is 7.00. The third-order valence-electron chi connectivity index (χ3n) is 4.22. The lowest BCUT2D eigenvalue weighted by Crippen LogP contribution is -2.33. The van der Waals surface area contributed by atoms with Crippen LogP contribution in [0.25, 0.3) is 0 Å². The average Bonchev–Trinajstić information content (AvgIpc) is 2.60. The van der Waals surface area contributed by atoms with Crippen molar-refractivity contribution >= 4 is 19.9 Å². The van der Waals surface area contributed by atoms with E-state index < -0.39 is 19.9 Å². The number of rotatable bonds is 4. The quantitative estimate of drug-likeness (QED) is 0.799. The molecule has 0 spiro atoms. The molecule has 0 aliphatic carbocycles. The Balaban J connectivity index is 2.20. The standard InChI is InChI=1S/C15H24N2O4S2/c1-13-7-9-22(18,19)10-8-17(13)12-14-5-4-6-15(11-14)23(20,21)16(2)3/h4-6,11,13H,7-10,12H2,1-3H3. The zero-order valence-corrected chi connectivity index (χ0v) is 15.4. The van der Waals surface area contributed by atoms with Gasteiger partial charge in [-0.2, -0.15) is 0 Å². The molecule has 0 N–H and O–H groups in total. The fraction of sp³-hybridized carbons (Fsp3) is 0.600. The summed E-state index contributed by atoms with van der Waals surface area (Å²) in [4.78, 5) is 2.36. The van der Waals surface area contributed by atoms with Gasteiger partial charge in [-0.25, -0.2) is 21.1 Å². The highest BCUT2D eigenvalue weighted by Crippen LogP contribution is 2.19. The molecule has 23 heavy (non-hydrogen) atoms. The summed E-state index contributed by atoms with van der Waals surface area (Å²) >= 11 is 0. The third kappa shape index (κ3) is 4.53. The van der Waals surface area contributed by atoms with Crippen molar-refractivity contribution in [3.05, 3.63) is 29.8 Å². The average molecular weight is 361 g/mol. The summed E-state index contributed by atoms with van der Waals surface area (Å²) in [5.41, 5.74) is 0.874. The second-order valence-electron chi connectivity index (χ2n) is 6.19. The topological polar surface area (TPSA) is 74.8 Å². The van der Waals surface area contributed by atoms with Gasteiger partial charge in [0.15, 0.2) is 9.84 Å².